The Hall–Kier alpha value is -3.08. The number of benzene rings is 2. The lowest BCUT2D eigenvalue weighted by Crippen LogP contribution is -2.12. The van der Waals surface area contributed by atoms with Crippen LogP contribution in [0, 0.1) is 0 Å². The standard InChI is InChI=1S/C22H22FNO3/c23-18-13-16(9-11-20(18)25)17-10-12-21(26)19(14-17)24-22(27)8-4-7-15-5-2-1-3-6-15/h1-3,5-6,9-12,14,16,25-26H,4,7-8,13H2,(H,24,27). The van der Waals surface area contributed by atoms with Gasteiger partial charge in [-0.25, -0.2) is 4.39 Å². The number of anilines is 1. The van der Waals surface area contributed by atoms with E-state index in [2.05, 4.69) is 5.32 Å². The summed E-state index contributed by atoms with van der Waals surface area (Å²) in [6.07, 6.45) is 4.94. The summed E-state index contributed by atoms with van der Waals surface area (Å²) in [6.45, 7) is 0. The summed E-state index contributed by atoms with van der Waals surface area (Å²) in [7, 11) is 0. The van der Waals surface area contributed by atoms with Crippen LogP contribution >= 0.6 is 0 Å². The van der Waals surface area contributed by atoms with Gasteiger partial charge in [-0.3, -0.25) is 4.79 Å². The SMILES string of the molecule is O=C(CCCc1ccccc1)Nc1cc(C2C=CC(O)=C(F)C2)ccc1O. The predicted molar refractivity (Wildman–Crippen MR) is 103 cm³/mol. The predicted octanol–water partition coefficient (Wildman–Crippen LogP) is 5.14. The van der Waals surface area contributed by atoms with E-state index in [0.29, 0.717) is 18.5 Å². The highest BCUT2D eigenvalue weighted by Crippen LogP contribution is 2.35. The molecule has 140 valence electrons. The van der Waals surface area contributed by atoms with Crippen LogP contribution in [0.3, 0.4) is 0 Å². The van der Waals surface area contributed by atoms with E-state index in [1.165, 1.54) is 17.7 Å². The number of aliphatic hydroxyl groups excluding tert-OH is 1. The Kier molecular flexibility index (Phi) is 5.91. The Labute approximate surface area is 157 Å². The van der Waals surface area contributed by atoms with Gasteiger partial charge in [-0.2, -0.15) is 0 Å². The summed E-state index contributed by atoms with van der Waals surface area (Å²) < 4.78 is 13.6. The molecule has 3 N–H and O–H groups in total. The number of hydrogen-bond donors (Lipinski definition) is 3. The average Bonchev–Trinajstić information content (AvgIpc) is 2.67. The zero-order valence-corrected chi connectivity index (χ0v) is 14.9. The van der Waals surface area contributed by atoms with Crippen LogP contribution in [0.25, 0.3) is 0 Å². The summed E-state index contributed by atoms with van der Waals surface area (Å²) in [5, 5.41) is 22.1. The van der Waals surface area contributed by atoms with Crippen LogP contribution in [0.2, 0.25) is 0 Å². The first kappa shape index (κ1) is 18.7. The third kappa shape index (κ3) is 4.97. The molecular formula is C22H22FNO3. The van der Waals surface area contributed by atoms with E-state index in [-0.39, 0.29) is 29.8 Å². The molecule has 0 radical (unpaired) electrons. The second-order valence-electron chi connectivity index (χ2n) is 6.62. The lowest BCUT2D eigenvalue weighted by atomic mass is 9.91. The lowest BCUT2D eigenvalue weighted by molar-refractivity contribution is -0.116. The topological polar surface area (TPSA) is 69.6 Å². The van der Waals surface area contributed by atoms with E-state index in [4.69, 9.17) is 0 Å². The average molecular weight is 367 g/mol. The van der Waals surface area contributed by atoms with E-state index in [1.807, 2.05) is 30.3 Å². The van der Waals surface area contributed by atoms with Gasteiger partial charge in [0.25, 0.3) is 0 Å². The van der Waals surface area contributed by atoms with Crippen molar-refractivity contribution in [1.82, 2.24) is 0 Å². The first-order valence-corrected chi connectivity index (χ1v) is 8.95. The van der Waals surface area contributed by atoms with Gasteiger partial charge in [-0.15, -0.1) is 0 Å². The molecule has 0 saturated heterocycles. The molecule has 3 rings (SSSR count). The molecule has 0 fully saturated rings. The molecule has 27 heavy (non-hydrogen) atoms. The minimum Gasteiger partial charge on any atom is -0.506 e. The van der Waals surface area contributed by atoms with Crippen LogP contribution in [0.15, 0.2) is 72.3 Å². The van der Waals surface area contributed by atoms with E-state index in [0.717, 1.165) is 12.0 Å². The van der Waals surface area contributed by atoms with Crippen LogP contribution in [-0.2, 0) is 11.2 Å². The zero-order chi connectivity index (χ0) is 19.2. The molecule has 1 aliphatic rings. The Morgan fingerprint density at radius 1 is 1.15 bits per heavy atom. The molecule has 1 unspecified atom stereocenters. The highest BCUT2D eigenvalue weighted by atomic mass is 19.1. The van der Waals surface area contributed by atoms with Gasteiger partial charge < -0.3 is 15.5 Å². The number of phenols is 1. The van der Waals surface area contributed by atoms with Gasteiger partial charge in [-0.1, -0.05) is 42.5 Å². The lowest BCUT2D eigenvalue weighted by Gasteiger charge is -2.18. The van der Waals surface area contributed by atoms with Crippen LogP contribution in [0.4, 0.5) is 10.1 Å². The highest BCUT2D eigenvalue weighted by Gasteiger charge is 2.19. The van der Waals surface area contributed by atoms with Crippen molar-refractivity contribution < 1.29 is 19.4 Å². The molecule has 4 nitrogen and oxygen atoms in total. The van der Waals surface area contributed by atoms with Crippen LogP contribution < -0.4 is 5.32 Å². The zero-order valence-electron chi connectivity index (χ0n) is 14.9. The van der Waals surface area contributed by atoms with Gasteiger partial charge in [0.15, 0.2) is 0 Å². The van der Waals surface area contributed by atoms with E-state index in [9.17, 15) is 19.4 Å². The number of phenolic OH excluding ortho intramolecular Hbond substituents is 1. The molecule has 2 aromatic rings. The number of hydrogen-bond acceptors (Lipinski definition) is 3. The van der Waals surface area contributed by atoms with Crippen molar-refractivity contribution >= 4 is 11.6 Å². The third-order valence-electron chi connectivity index (χ3n) is 4.60. The van der Waals surface area contributed by atoms with Gasteiger partial charge in [0.2, 0.25) is 5.91 Å². The molecule has 5 heteroatoms. The number of allylic oxidation sites excluding steroid dienone is 3. The molecule has 1 amide bonds. The number of halogens is 1. The fourth-order valence-electron chi connectivity index (χ4n) is 3.09. The third-order valence-corrected chi connectivity index (χ3v) is 4.60. The molecule has 1 atom stereocenters. The number of nitrogens with one attached hydrogen (secondary N) is 1. The molecule has 0 aromatic heterocycles. The van der Waals surface area contributed by atoms with Crippen molar-refractivity contribution in [2.24, 2.45) is 0 Å². The van der Waals surface area contributed by atoms with Gasteiger partial charge in [-0.05, 0) is 42.2 Å². The Bertz CT molecular complexity index is 874. The van der Waals surface area contributed by atoms with E-state index < -0.39 is 5.83 Å². The van der Waals surface area contributed by atoms with Gasteiger partial charge in [0.1, 0.15) is 17.3 Å². The minimum atomic E-state index is -0.568. The molecule has 0 heterocycles. The largest absolute Gasteiger partial charge is 0.506 e. The number of aryl methyl sites for hydroxylation is 1. The Morgan fingerprint density at radius 2 is 1.93 bits per heavy atom. The summed E-state index contributed by atoms with van der Waals surface area (Å²) in [5.41, 5.74) is 2.24. The second-order valence-corrected chi connectivity index (χ2v) is 6.62. The molecule has 0 aliphatic heterocycles. The Balaban J connectivity index is 1.59. The summed E-state index contributed by atoms with van der Waals surface area (Å²) in [5.74, 6) is -1.38. The van der Waals surface area contributed by atoms with Crippen molar-refractivity contribution in [2.45, 2.75) is 31.6 Å². The summed E-state index contributed by atoms with van der Waals surface area (Å²) in [4.78, 5) is 12.2. The summed E-state index contributed by atoms with van der Waals surface area (Å²) >= 11 is 0. The van der Waals surface area contributed by atoms with Crippen molar-refractivity contribution in [3.8, 4) is 5.75 Å². The molecule has 1 aliphatic carbocycles. The van der Waals surface area contributed by atoms with Crippen LogP contribution in [0.5, 0.6) is 5.75 Å². The fourth-order valence-corrected chi connectivity index (χ4v) is 3.09. The van der Waals surface area contributed by atoms with Crippen molar-refractivity contribution in [3.63, 3.8) is 0 Å². The summed E-state index contributed by atoms with van der Waals surface area (Å²) in [6, 6.07) is 14.8. The molecule has 0 spiro atoms. The molecular weight excluding hydrogens is 345 g/mol. The van der Waals surface area contributed by atoms with Crippen molar-refractivity contribution in [3.05, 3.63) is 83.4 Å². The number of rotatable bonds is 6. The number of aromatic hydroxyl groups is 1. The second kappa shape index (κ2) is 8.54. The number of amides is 1. The molecule has 0 saturated carbocycles. The maximum atomic E-state index is 13.6. The smallest absolute Gasteiger partial charge is 0.224 e. The van der Waals surface area contributed by atoms with Gasteiger partial charge in [0, 0.05) is 18.8 Å². The van der Waals surface area contributed by atoms with Crippen molar-refractivity contribution in [2.75, 3.05) is 5.32 Å². The fraction of sp³-hybridized carbons (Fsp3) is 0.227. The van der Waals surface area contributed by atoms with Gasteiger partial charge in [0.05, 0.1) is 5.69 Å². The first-order chi connectivity index (χ1) is 13.0. The van der Waals surface area contributed by atoms with E-state index >= 15 is 0 Å². The van der Waals surface area contributed by atoms with Crippen LogP contribution in [0.1, 0.15) is 36.3 Å². The monoisotopic (exact) mass is 367 g/mol. The van der Waals surface area contributed by atoms with Gasteiger partial charge >= 0.3 is 0 Å². The van der Waals surface area contributed by atoms with Crippen molar-refractivity contribution in [1.29, 1.82) is 0 Å². The minimum absolute atomic E-state index is 0.0335. The first-order valence-electron chi connectivity index (χ1n) is 8.95. The number of carbonyl (C=O) groups is 1. The molecule has 0 bridgehead atoms. The number of aliphatic hydroxyl groups is 1. The maximum Gasteiger partial charge on any atom is 0.224 e. The van der Waals surface area contributed by atoms with E-state index in [1.54, 1.807) is 18.2 Å². The molecule has 2 aromatic carbocycles. The normalized spacial score (nSPS) is 16.4. The quantitative estimate of drug-likeness (QED) is 0.620. The Morgan fingerprint density at radius 3 is 2.67 bits per heavy atom. The highest BCUT2D eigenvalue weighted by molar-refractivity contribution is 5.92. The maximum absolute atomic E-state index is 13.6. The number of carbonyl (C=O) groups excluding carboxylic acids is 1. The van der Waals surface area contributed by atoms with Crippen LogP contribution in [-0.4, -0.2) is 16.1 Å².